The predicted octanol–water partition coefficient (Wildman–Crippen LogP) is 1.98. The van der Waals surface area contributed by atoms with Gasteiger partial charge in [-0.1, -0.05) is 12.1 Å². The Hall–Kier alpha value is -1.58. The second kappa shape index (κ2) is 3.01. The number of nitrogens with zero attached hydrogens (tertiary/aromatic N) is 2. The molecule has 0 amide bonds. The summed E-state index contributed by atoms with van der Waals surface area (Å²) < 4.78 is 0. The Balaban J connectivity index is 3.06. The molecule has 0 fully saturated rings. The smallest absolute Gasteiger partial charge is 0.248 e. The van der Waals surface area contributed by atoms with Crippen molar-refractivity contribution in [1.82, 2.24) is 0 Å². The lowest BCUT2D eigenvalue weighted by Gasteiger charge is -1.96. The quantitative estimate of drug-likeness (QED) is 0.380. The Bertz CT molecular complexity index is 284. The highest BCUT2D eigenvalue weighted by molar-refractivity contribution is 5.33. The molecule has 0 unspecified atom stereocenters. The average molecular weight is 152 g/mol. The van der Waals surface area contributed by atoms with E-state index in [2.05, 4.69) is 5.28 Å². The molecule has 1 aromatic carbocycles. The number of hydrogen-bond acceptors (Lipinski definition) is 2. The minimum absolute atomic E-state index is 0.160. The van der Waals surface area contributed by atoms with Crippen LogP contribution >= 0.6 is 0 Å². The molecular weight excluding hydrogens is 144 g/mol. The third kappa shape index (κ3) is 1.67. The summed E-state index contributed by atoms with van der Waals surface area (Å²) in [4.78, 5) is 0.160. The van der Waals surface area contributed by atoms with E-state index in [0.717, 1.165) is 5.56 Å². The standard InChI is InChI=1S/C7H8N2O2/c1-6-3-2-4-7(5-6)9(11)8-10/h2-5,10H,1H3. The Morgan fingerprint density at radius 3 is 2.82 bits per heavy atom. The van der Waals surface area contributed by atoms with Crippen LogP contribution in [0.5, 0.6) is 0 Å². The third-order valence-electron chi connectivity index (χ3n) is 1.30. The van der Waals surface area contributed by atoms with Gasteiger partial charge in [0.05, 0.1) is 0 Å². The van der Waals surface area contributed by atoms with Crippen molar-refractivity contribution in [3.8, 4) is 0 Å². The zero-order valence-corrected chi connectivity index (χ0v) is 6.06. The fourth-order valence-electron chi connectivity index (χ4n) is 0.799. The van der Waals surface area contributed by atoms with Gasteiger partial charge in [-0.3, -0.25) is 0 Å². The first-order valence-corrected chi connectivity index (χ1v) is 3.13. The minimum Gasteiger partial charge on any atom is -0.592 e. The molecule has 11 heavy (non-hydrogen) atoms. The molecule has 0 atom stereocenters. The molecule has 0 aliphatic carbocycles. The molecule has 1 rings (SSSR count). The van der Waals surface area contributed by atoms with Crippen molar-refractivity contribution in [2.24, 2.45) is 5.28 Å². The first-order valence-electron chi connectivity index (χ1n) is 3.13. The summed E-state index contributed by atoms with van der Waals surface area (Å²) in [6.45, 7) is 1.86. The van der Waals surface area contributed by atoms with Gasteiger partial charge in [-0.15, -0.1) is 0 Å². The van der Waals surface area contributed by atoms with Gasteiger partial charge in [-0.2, -0.15) is 0 Å². The molecule has 58 valence electrons. The van der Waals surface area contributed by atoms with Gasteiger partial charge in [-0.05, 0) is 17.3 Å². The first kappa shape index (κ1) is 7.53. The van der Waals surface area contributed by atoms with E-state index >= 15 is 0 Å². The van der Waals surface area contributed by atoms with Crippen LogP contribution in [-0.2, 0) is 0 Å². The van der Waals surface area contributed by atoms with Crippen LogP contribution in [0.4, 0.5) is 5.69 Å². The molecule has 0 saturated heterocycles. The SMILES string of the molecule is Cc1cccc([N+]([O-])=NO)c1. The molecular formula is C7H8N2O2. The van der Waals surface area contributed by atoms with E-state index in [0.29, 0.717) is 5.69 Å². The van der Waals surface area contributed by atoms with Gasteiger partial charge >= 0.3 is 0 Å². The van der Waals surface area contributed by atoms with Crippen LogP contribution in [0.2, 0.25) is 0 Å². The Morgan fingerprint density at radius 1 is 1.55 bits per heavy atom. The van der Waals surface area contributed by atoms with Crippen molar-refractivity contribution in [2.75, 3.05) is 0 Å². The van der Waals surface area contributed by atoms with Gasteiger partial charge in [0.25, 0.3) is 0 Å². The van der Waals surface area contributed by atoms with E-state index in [4.69, 9.17) is 5.21 Å². The summed E-state index contributed by atoms with van der Waals surface area (Å²) in [5.41, 5.74) is 1.28. The lowest BCUT2D eigenvalue weighted by Crippen LogP contribution is -1.90. The minimum atomic E-state index is 0.160. The van der Waals surface area contributed by atoms with Crippen LogP contribution < -0.4 is 0 Å². The van der Waals surface area contributed by atoms with Crippen molar-refractivity contribution in [3.05, 3.63) is 35.0 Å². The van der Waals surface area contributed by atoms with E-state index in [1.54, 1.807) is 18.2 Å². The van der Waals surface area contributed by atoms with Crippen LogP contribution in [0, 0.1) is 12.1 Å². The van der Waals surface area contributed by atoms with Crippen molar-refractivity contribution >= 4 is 5.69 Å². The molecule has 0 aromatic heterocycles. The van der Waals surface area contributed by atoms with Crippen molar-refractivity contribution < 1.29 is 10.1 Å². The molecule has 1 N–H and O–H groups in total. The summed E-state index contributed by atoms with van der Waals surface area (Å²) in [7, 11) is 0. The Morgan fingerprint density at radius 2 is 2.27 bits per heavy atom. The number of rotatable bonds is 1. The lowest BCUT2D eigenvalue weighted by molar-refractivity contribution is -0.473. The predicted molar refractivity (Wildman–Crippen MR) is 38.7 cm³/mol. The largest absolute Gasteiger partial charge is 0.592 e. The third-order valence-corrected chi connectivity index (χ3v) is 1.30. The molecule has 0 spiro atoms. The first-order chi connectivity index (χ1) is 5.24. The second-order valence-corrected chi connectivity index (χ2v) is 2.20. The van der Waals surface area contributed by atoms with E-state index in [9.17, 15) is 5.21 Å². The summed E-state index contributed by atoms with van der Waals surface area (Å²) >= 11 is 0. The van der Waals surface area contributed by atoms with Gasteiger partial charge in [0.15, 0.2) is 0 Å². The molecule has 0 heterocycles. The van der Waals surface area contributed by atoms with Crippen molar-refractivity contribution in [3.63, 3.8) is 0 Å². The van der Waals surface area contributed by atoms with Crippen LogP contribution in [0.15, 0.2) is 29.5 Å². The molecule has 0 bridgehead atoms. The number of hydrogen-bond donors (Lipinski definition) is 1. The van der Waals surface area contributed by atoms with Crippen molar-refractivity contribution in [1.29, 1.82) is 0 Å². The molecule has 0 saturated carbocycles. The summed E-state index contributed by atoms with van der Waals surface area (Å²) in [5.74, 6) is 0. The highest BCUT2D eigenvalue weighted by Gasteiger charge is 2.01. The molecule has 0 radical (unpaired) electrons. The zero-order chi connectivity index (χ0) is 8.27. The van der Waals surface area contributed by atoms with Crippen LogP contribution in [0.3, 0.4) is 0 Å². The maximum Gasteiger partial charge on any atom is 0.248 e. The van der Waals surface area contributed by atoms with E-state index in [-0.39, 0.29) is 4.86 Å². The summed E-state index contributed by atoms with van der Waals surface area (Å²) in [6, 6.07) is 6.78. The van der Waals surface area contributed by atoms with E-state index in [1.807, 2.05) is 13.0 Å². The lowest BCUT2D eigenvalue weighted by atomic mass is 10.2. The van der Waals surface area contributed by atoms with Gasteiger partial charge < -0.3 is 10.4 Å². The Kier molecular flexibility index (Phi) is 2.06. The molecule has 1 aromatic rings. The van der Waals surface area contributed by atoms with Gasteiger partial charge in [0.1, 0.15) is 0 Å². The van der Waals surface area contributed by atoms with Crippen molar-refractivity contribution in [2.45, 2.75) is 6.92 Å². The normalized spacial score (nSPS) is 11.5. The molecule has 4 nitrogen and oxygen atoms in total. The fraction of sp³-hybridized carbons (Fsp3) is 0.143. The molecule has 0 aliphatic heterocycles. The van der Waals surface area contributed by atoms with Crippen LogP contribution in [0.1, 0.15) is 5.56 Å². The van der Waals surface area contributed by atoms with E-state index in [1.165, 1.54) is 0 Å². The van der Waals surface area contributed by atoms with Crippen LogP contribution in [0.25, 0.3) is 0 Å². The van der Waals surface area contributed by atoms with E-state index < -0.39 is 0 Å². The summed E-state index contributed by atoms with van der Waals surface area (Å²) in [5, 5.41) is 21.3. The maximum atomic E-state index is 10.7. The maximum absolute atomic E-state index is 10.7. The molecule has 4 heteroatoms. The van der Waals surface area contributed by atoms with Gasteiger partial charge in [-0.25, -0.2) is 0 Å². The monoisotopic (exact) mass is 152 g/mol. The average Bonchev–Trinajstić information content (AvgIpc) is 2.03. The van der Waals surface area contributed by atoms with Gasteiger partial charge in [0.2, 0.25) is 11.0 Å². The van der Waals surface area contributed by atoms with Crippen LogP contribution in [-0.4, -0.2) is 10.1 Å². The zero-order valence-electron chi connectivity index (χ0n) is 6.06. The fourth-order valence-corrected chi connectivity index (χ4v) is 0.799. The highest BCUT2D eigenvalue weighted by Crippen LogP contribution is 2.12. The Labute approximate surface area is 63.9 Å². The topological polar surface area (TPSA) is 58.7 Å². The number of benzene rings is 1. The summed E-state index contributed by atoms with van der Waals surface area (Å²) in [6.07, 6.45) is 0. The van der Waals surface area contributed by atoms with Gasteiger partial charge in [0, 0.05) is 12.1 Å². The number of aryl methyl sites for hydroxylation is 1. The second-order valence-electron chi connectivity index (χ2n) is 2.20. The molecule has 0 aliphatic rings. The highest BCUT2D eigenvalue weighted by atomic mass is 16.6.